The standard InChI is InChI=1S/C15H16N2O5/c18-12-4-2-9-7-10(1-3-11(9)16-12)13(19)17-15(14(20)21)5-6-22-8-15/h1,3,7H,2,4-6,8H2,(H,16,18)(H,17,19)(H,20,21). The molecule has 0 radical (unpaired) electrons. The minimum atomic E-state index is -1.36. The largest absolute Gasteiger partial charge is 0.479 e. The fourth-order valence-electron chi connectivity index (χ4n) is 2.70. The van der Waals surface area contributed by atoms with Gasteiger partial charge in [-0.15, -0.1) is 0 Å². The van der Waals surface area contributed by atoms with Crippen LogP contribution in [-0.4, -0.2) is 41.6 Å². The lowest BCUT2D eigenvalue weighted by Gasteiger charge is -2.24. The van der Waals surface area contributed by atoms with Crippen molar-refractivity contribution >= 4 is 23.5 Å². The first kappa shape index (κ1) is 14.5. The second-order valence-corrected chi connectivity index (χ2v) is 5.56. The third-order valence-corrected chi connectivity index (χ3v) is 4.05. The van der Waals surface area contributed by atoms with Gasteiger partial charge in [-0.3, -0.25) is 9.59 Å². The van der Waals surface area contributed by atoms with Crippen LogP contribution >= 0.6 is 0 Å². The van der Waals surface area contributed by atoms with E-state index in [4.69, 9.17) is 4.74 Å². The first-order valence-electron chi connectivity index (χ1n) is 7.07. The first-order chi connectivity index (χ1) is 10.5. The molecule has 2 heterocycles. The average molecular weight is 304 g/mol. The van der Waals surface area contributed by atoms with E-state index >= 15 is 0 Å². The lowest BCUT2D eigenvalue weighted by atomic mass is 9.96. The second-order valence-electron chi connectivity index (χ2n) is 5.56. The van der Waals surface area contributed by atoms with Gasteiger partial charge >= 0.3 is 5.97 Å². The number of rotatable bonds is 3. The molecule has 1 unspecified atom stereocenters. The Balaban J connectivity index is 1.81. The summed E-state index contributed by atoms with van der Waals surface area (Å²) in [7, 11) is 0. The molecule has 0 aromatic heterocycles. The molecule has 7 heteroatoms. The monoisotopic (exact) mass is 304 g/mol. The summed E-state index contributed by atoms with van der Waals surface area (Å²) in [6.07, 6.45) is 1.19. The van der Waals surface area contributed by atoms with Gasteiger partial charge in [0.15, 0.2) is 5.54 Å². The zero-order valence-electron chi connectivity index (χ0n) is 11.8. The summed E-state index contributed by atoms with van der Waals surface area (Å²) < 4.78 is 5.12. The van der Waals surface area contributed by atoms with Crippen LogP contribution in [0.4, 0.5) is 5.69 Å². The second kappa shape index (κ2) is 5.42. The van der Waals surface area contributed by atoms with Crippen molar-refractivity contribution in [2.75, 3.05) is 18.5 Å². The van der Waals surface area contributed by atoms with Crippen molar-refractivity contribution in [1.82, 2.24) is 5.32 Å². The van der Waals surface area contributed by atoms with Gasteiger partial charge in [0.1, 0.15) is 0 Å². The summed E-state index contributed by atoms with van der Waals surface area (Å²) in [5, 5.41) is 14.7. The molecule has 7 nitrogen and oxygen atoms in total. The molecule has 0 spiro atoms. The summed E-state index contributed by atoms with van der Waals surface area (Å²) in [5.41, 5.74) is 0.591. The number of amides is 2. The number of nitrogens with one attached hydrogen (secondary N) is 2. The lowest BCUT2D eigenvalue weighted by molar-refractivity contribution is -0.144. The van der Waals surface area contributed by atoms with Gasteiger partial charge in [0, 0.05) is 30.7 Å². The number of aliphatic carboxylic acids is 1. The highest BCUT2D eigenvalue weighted by Gasteiger charge is 2.44. The Hall–Kier alpha value is -2.41. The highest BCUT2D eigenvalue weighted by atomic mass is 16.5. The molecule has 0 bridgehead atoms. The number of carbonyl (C=O) groups excluding carboxylic acids is 2. The fourth-order valence-corrected chi connectivity index (χ4v) is 2.70. The Morgan fingerprint density at radius 1 is 1.32 bits per heavy atom. The molecule has 2 aliphatic heterocycles. The molecular weight excluding hydrogens is 288 g/mol. The predicted molar refractivity (Wildman–Crippen MR) is 76.7 cm³/mol. The van der Waals surface area contributed by atoms with Crippen LogP contribution in [0.25, 0.3) is 0 Å². The smallest absolute Gasteiger partial charge is 0.331 e. The maximum absolute atomic E-state index is 12.3. The van der Waals surface area contributed by atoms with E-state index in [9.17, 15) is 19.5 Å². The van der Waals surface area contributed by atoms with Gasteiger partial charge in [0.05, 0.1) is 6.61 Å². The Morgan fingerprint density at radius 2 is 2.14 bits per heavy atom. The number of carbonyl (C=O) groups is 3. The lowest BCUT2D eigenvalue weighted by Crippen LogP contribution is -2.55. The van der Waals surface area contributed by atoms with Gasteiger partial charge in [0.25, 0.3) is 5.91 Å². The van der Waals surface area contributed by atoms with E-state index in [1.165, 1.54) is 0 Å². The van der Waals surface area contributed by atoms with Gasteiger partial charge < -0.3 is 20.5 Å². The molecular formula is C15H16N2O5. The quantitative estimate of drug-likeness (QED) is 0.756. The van der Waals surface area contributed by atoms with E-state index in [0.29, 0.717) is 30.7 Å². The Morgan fingerprint density at radius 3 is 2.82 bits per heavy atom. The summed E-state index contributed by atoms with van der Waals surface area (Å²) in [6.45, 7) is 0.276. The Labute approximate surface area is 126 Å². The molecule has 1 aromatic carbocycles. The van der Waals surface area contributed by atoms with Crippen LogP contribution in [0.1, 0.15) is 28.8 Å². The number of anilines is 1. The molecule has 1 atom stereocenters. The number of carboxylic acids is 1. The molecule has 2 aliphatic rings. The maximum Gasteiger partial charge on any atom is 0.331 e. The number of hydrogen-bond donors (Lipinski definition) is 3. The minimum absolute atomic E-state index is 0.0327. The van der Waals surface area contributed by atoms with Crippen molar-refractivity contribution in [1.29, 1.82) is 0 Å². The molecule has 0 saturated carbocycles. The number of aryl methyl sites for hydroxylation is 1. The van der Waals surface area contributed by atoms with Crippen LogP contribution in [0.3, 0.4) is 0 Å². The van der Waals surface area contributed by atoms with Gasteiger partial charge in [-0.1, -0.05) is 0 Å². The predicted octanol–water partition coefficient (Wildman–Crippen LogP) is 0.545. The van der Waals surface area contributed by atoms with E-state index in [1.807, 2.05) is 0 Å². The van der Waals surface area contributed by atoms with Gasteiger partial charge in [-0.25, -0.2) is 4.79 Å². The Bertz CT molecular complexity index is 649. The van der Waals surface area contributed by atoms with Gasteiger partial charge in [-0.2, -0.15) is 0 Å². The number of fused-ring (bicyclic) bond motifs is 1. The summed E-state index contributed by atoms with van der Waals surface area (Å²) >= 11 is 0. The molecule has 1 fully saturated rings. The molecule has 2 amide bonds. The average Bonchev–Trinajstić information content (AvgIpc) is 2.96. The van der Waals surface area contributed by atoms with Crippen molar-refractivity contribution in [3.8, 4) is 0 Å². The van der Waals surface area contributed by atoms with Gasteiger partial charge in [0.2, 0.25) is 5.91 Å². The summed E-state index contributed by atoms with van der Waals surface area (Å²) in [4.78, 5) is 35.1. The van der Waals surface area contributed by atoms with E-state index in [2.05, 4.69) is 10.6 Å². The zero-order chi connectivity index (χ0) is 15.7. The third-order valence-electron chi connectivity index (χ3n) is 4.05. The van der Waals surface area contributed by atoms with Crippen molar-refractivity contribution in [3.05, 3.63) is 29.3 Å². The molecule has 1 saturated heterocycles. The molecule has 3 rings (SSSR count). The molecule has 0 aliphatic carbocycles. The third kappa shape index (κ3) is 2.55. The Kier molecular flexibility index (Phi) is 3.58. The number of hydrogen-bond acceptors (Lipinski definition) is 4. The molecule has 3 N–H and O–H groups in total. The van der Waals surface area contributed by atoms with Crippen LogP contribution in [0, 0.1) is 0 Å². The van der Waals surface area contributed by atoms with Crippen LogP contribution in [-0.2, 0) is 20.7 Å². The van der Waals surface area contributed by atoms with E-state index in [0.717, 1.165) is 5.56 Å². The van der Waals surface area contributed by atoms with Crippen molar-refractivity contribution in [3.63, 3.8) is 0 Å². The first-order valence-corrected chi connectivity index (χ1v) is 7.07. The molecule has 1 aromatic rings. The zero-order valence-corrected chi connectivity index (χ0v) is 11.8. The number of carboxylic acid groups (broad SMARTS) is 1. The highest BCUT2D eigenvalue weighted by molar-refractivity contribution is 6.00. The SMILES string of the molecule is O=C1CCc2cc(C(=O)NC3(C(=O)O)CCOC3)ccc2N1. The van der Waals surface area contributed by atoms with Gasteiger partial charge in [-0.05, 0) is 30.2 Å². The minimum Gasteiger partial charge on any atom is -0.479 e. The topological polar surface area (TPSA) is 105 Å². The van der Waals surface area contributed by atoms with Crippen LogP contribution in [0.5, 0.6) is 0 Å². The number of benzene rings is 1. The van der Waals surface area contributed by atoms with E-state index in [1.54, 1.807) is 18.2 Å². The highest BCUT2D eigenvalue weighted by Crippen LogP contribution is 2.25. The fraction of sp³-hybridized carbons (Fsp3) is 0.400. The molecule has 116 valence electrons. The maximum atomic E-state index is 12.3. The summed E-state index contributed by atoms with van der Waals surface area (Å²) in [6, 6.07) is 4.93. The number of ether oxygens (including phenoxy) is 1. The normalized spacial score (nSPS) is 23.5. The molecule has 22 heavy (non-hydrogen) atoms. The van der Waals surface area contributed by atoms with Crippen LogP contribution < -0.4 is 10.6 Å². The van der Waals surface area contributed by atoms with E-state index in [-0.39, 0.29) is 18.9 Å². The van der Waals surface area contributed by atoms with E-state index < -0.39 is 17.4 Å². The van der Waals surface area contributed by atoms with Crippen molar-refractivity contribution < 1.29 is 24.2 Å². The van der Waals surface area contributed by atoms with Crippen molar-refractivity contribution in [2.45, 2.75) is 24.8 Å². The van der Waals surface area contributed by atoms with Crippen molar-refractivity contribution in [2.24, 2.45) is 0 Å². The van der Waals surface area contributed by atoms with Crippen LogP contribution in [0.15, 0.2) is 18.2 Å². The van der Waals surface area contributed by atoms with Crippen LogP contribution in [0.2, 0.25) is 0 Å². The summed E-state index contributed by atoms with van der Waals surface area (Å²) in [5.74, 6) is -1.59.